The molecular formula is C16H20N4O2. The molecule has 3 rings (SSSR count). The molecule has 0 saturated heterocycles. The second kappa shape index (κ2) is 5.88. The molecule has 1 aromatic carbocycles. The van der Waals surface area contributed by atoms with E-state index in [1.54, 1.807) is 11.0 Å². The van der Waals surface area contributed by atoms with Gasteiger partial charge in [-0.2, -0.15) is 5.10 Å². The standard InChI is InChI=1S/C16H20N4O2/c1-11(19(2)8-13-7-15(13)16(21)22)12-3-5-14(6-4-12)20-10-17-9-18-20/h3-6,9-11,13,15H,7-8H2,1-2H3,(H,21,22)/t11?,13-,15+/m0/s1. The second-order valence-electron chi connectivity index (χ2n) is 5.99. The first-order valence-corrected chi connectivity index (χ1v) is 7.44. The number of rotatable bonds is 6. The van der Waals surface area contributed by atoms with Crippen molar-refractivity contribution in [2.75, 3.05) is 13.6 Å². The van der Waals surface area contributed by atoms with Crippen molar-refractivity contribution >= 4 is 5.97 Å². The average Bonchev–Trinajstić information content (AvgIpc) is 3.08. The summed E-state index contributed by atoms with van der Waals surface area (Å²) in [4.78, 5) is 17.1. The summed E-state index contributed by atoms with van der Waals surface area (Å²) in [5.74, 6) is -0.521. The van der Waals surface area contributed by atoms with Gasteiger partial charge in [0, 0.05) is 12.6 Å². The van der Waals surface area contributed by atoms with E-state index in [0.29, 0.717) is 5.92 Å². The Labute approximate surface area is 129 Å². The van der Waals surface area contributed by atoms with E-state index in [1.807, 2.05) is 19.2 Å². The summed E-state index contributed by atoms with van der Waals surface area (Å²) >= 11 is 0. The summed E-state index contributed by atoms with van der Waals surface area (Å²) < 4.78 is 1.72. The van der Waals surface area contributed by atoms with Gasteiger partial charge in [-0.1, -0.05) is 12.1 Å². The van der Waals surface area contributed by atoms with Crippen molar-refractivity contribution in [3.63, 3.8) is 0 Å². The summed E-state index contributed by atoms with van der Waals surface area (Å²) in [6.45, 7) is 2.96. The summed E-state index contributed by atoms with van der Waals surface area (Å²) in [7, 11) is 2.05. The summed E-state index contributed by atoms with van der Waals surface area (Å²) in [6.07, 6.45) is 3.99. The third kappa shape index (κ3) is 3.01. The van der Waals surface area contributed by atoms with Crippen molar-refractivity contribution in [1.29, 1.82) is 0 Å². The minimum Gasteiger partial charge on any atom is -0.481 e. The number of hydrogen-bond donors (Lipinski definition) is 1. The predicted molar refractivity (Wildman–Crippen MR) is 81.6 cm³/mol. The molecule has 6 nitrogen and oxygen atoms in total. The fraction of sp³-hybridized carbons (Fsp3) is 0.438. The molecule has 1 N–H and O–H groups in total. The van der Waals surface area contributed by atoms with Crippen molar-refractivity contribution in [1.82, 2.24) is 19.7 Å². The molecule has 0 spiro atoms. The molecule has 1 fully saturated rings. The van der Waals surface area contributed by atoms with Gasteiger partial charge in [0.2, 0.25) is 0 Å². The van der Waals surface area contributed by atoms with Gasteiger partial charge in [0.15, 0.2) is 0 Å². The normalized spacial score (nSPS) is 21.8. The molecule has 1 heterocycles. The maximum absolute atomic E-state index is 10.9. The minimum absolute atomic E-state index is 0.149. The molecular weight excluding hydrogens is 280 g/mol. The molecule has 3 atom stereocenters. The van der Waals surface area contributed by atoms with Crippen LogP contribution in [0.5, 0.6) is 0 Å². The number of aliphatic carboxylic acids is 1. The number of nitrogens with zero attached hydrogens (tertiary/aromatic N) is 4. The van der Waals surface area contributed by atoms with Gasteiger partial charge in [0.05, 0.1) is 11.6 Å². The largest absolute Gasteiger partial charge is 0.481 e. The smallest absolute Gasteiger partial charge is 0.306 e. The van der Waals surface area contributed by atoms with E-state index in [-0.39, 0.29) is 12.0 Å². The Hall–Kier alpha value is -2.21. The number of carbonyl (C=O) groups is 1. The number of carboxylic acids is 1. The van der Waals surface area contributed by atoms with Gasteiger partial charge >= 0.3 is 5.97 Å². The summed E-state index contributed by atoms with van der Waals surface area (Å²) in [6, 6.07) is 8.45. The maximum atomic E-state index is 10.9. The average molecular weight is 300 g/mol. The zero-order valence-corrected chi connectivity index (χ0v) is 12.8. The molecule has 0 radical (unpaired) electrons. The highest BCUT2D eigenvalue weighted by atomic mass is 16.4. The van der Waals surface area contributed by atoms with Crippen LogP contribution in [-0.4, -0.2) is 44.3 Å². The van der Waals surface area contributed by atoms with E-state index in [9.17, 15) is 4.79 Å². The highest BCUT2D eigenvalue weighted by Crippen LogP contribution is 2.40. The molecule has 0 aliphatic heterocycles. The molecule has 1 aromatic heterocycles. The van der Waals surface area contributed by atoms with E-state index < -0.39 is 5.97 Å². The zero-order chi connectivity index (χ0) is 15.7. The van der Waals surface area contributed by atoms with Gasteiger partial charge in [-0.05, 0) is 44.0 Å². The van der Waals surface area contributed by atoms with Crippen LogP contribution in [0.3, 0.4) is 0 Å². The van der Waals surface area contributed by atoms with Crippen LogP contribution in [-0.2, 0) is 4.79 Å². The Morgan fingerprint density at radius 2 is 2.18 bits per heavy atom. The van der Waals surface area contributed by atoms with Gasteiger partial charge in [0.25, 0.3) is 0 Å². The Kier molecular flexibility index (Phi) is 3.94. The first-order valence-electron chi connectivity index (χ1n) is 7.44. The third-order valence-electron chi connectivity index (χ3n) is 4.48. The fourth-order valence-corrected chi connectivity index (χ4v) is 2.78. The Morgan fingerprint density at radius 1 is 1.45 bits per heavy atom. The van der Waals surface area contributed by atoms with Gasteiger partial charge in [-0.3, -0.25) is 9.69 Å². The molecule has 1 aliphatic rings. The maximum Gasteiger partial charge on any atom is 0.306 e. The fourth-order valence-electron chi connectivity index (χ4n) is 2.78. The minimum atomic E-state index is -0.664. The van der Waals surface area contributed by atoms with Crippen LogP contribution >= 0.6 is 0 Å². The van der Waals surface area contributed by atoms with Gasteiger partial charge in [-0.15, -0.1) is 0 Å². The zero-order valence-electron chi connectivity index (χ0n) is 12.8. The van der Waals surface area contributed by atoms with Crippen molar-refractivity contribution in [2.45, 2.75) is 19.4 Å². The highest BCUT2D eigenvalue weighted by Gasteiger charge is 2.43. The molecule has 2 aromatic rings. The highest BCUT2D eigenvalue weighted by molar-refractivity contribution is 5.73. The quantitative estimate of drug-likeness (QED) is 0.883. The van der Waals surface area contributed by atoms with E-state index >= 15 is 0 Å². The van der Waals surface area contributed by atoms with Crippen LogP contribution in [0.2, 0.25) is 0 Å². The van der Waals surface area contributed by atoms with Crippen LogP contribution in [0, 0.1) is 11.8 Å². The molecule has 22 heavy (non-hydrogen) atoms. The van der Waals surface area contributed by atoms with Gasteiger partial charge in [-0.25, -0.2) is 9.67 Å². The molecule has 6 heteroatoms. The molecule has 0 bridgehead atoms. The Morgan fingerprint density at radius 3 is 2.73 bits per heavy atom. The van der Waals surface area contributed by atoms with Crippen molar-refractivity contribution in [2.24, 2.45) is 11.8 Å². The monoisotopic (exact) mass is 300 g/mol. The lowest BCUT2D eigenvalue weighted by Gasteiger charge is -2.25. The molecule has 116 valence electrons. The number of benzene rings is 1. The lowest BCUT2D eigenvalue weighted by atomic mass is 10.1. The number of hydrogen-bond acceptors (Lipinski definition) is 4. The van der Waals surface area contributed by atoms with Crippen molar-refractivity contribution < 1.29 is 9.90 Å². The van der Waals surface area contributed by atoms with E-state index in [1.165, 1.54) is 11.9 Å². The third-order valence-corrected chi connectivity index (χ3v) is 4.48. The number of carboxylic acid groups (broad SMARTS) is 1. The van der Waals surface area contributed by atoms with Crippen LogP contribution in [0.25, 0.3) is 5.69 Å². The second-order valence-corrected chi connectivity index (χ2v) is 5.99. The Bertz CT molecular complexity index is 639. The SMILES string of the molecule is CC(c1ccc(-n2cncn2)cc1)N(C)C[C@@H]1C[C@H]1C(=O)O. The van der Waals surface area contributed by atoms with Crippen LogP contribution in [0.4, 0.5) is 0 Å². The van der Waals surface area contributed by atoms with Gasteiger partial charge in [0.1, 0.15) is 12.7 Å². The Balaban J connectivity index is 1.62. The van der Waals surface area contributed by atoms with E-state index in [4.69, 9.17) is 5.11 Å². The predicted octanol–water partition coefficient (Wildman–Crippen LogP) is 1.98. The van der Waals surface area contributed by atoms with Crippen LogP contribution in [0.1, 0.15) is 24.9 Å². The molecule has 1 saturated carbocycles. The summed E-state index contributed by atoms with van der Waals surface area (Å²) in [5.41, 5.74) is 2.18. The lowest BCUT2D eigenvalue weighted by molar-refractivity contribution is -0.138. The van der Waals surface area contributed by atoms with E-state index in [0.717, 1.165) is 18.7 Å². The molecule has 1 unspecified atom stereocenters. The molecule has 1 aliphatic carbocycles. The lowest BCUT2D eigenvalue weighted by Crippen LogP contribution is -2.25. The van der Waals surface area contributed by atoms with Crippen LogP contribution < -0.4 is 0 Å². The summed E-state index contributed by atoms with van der Waals surface area (Å²) in [5, 5.41) is 13.1. The van der Waals surface area contributed by atoms with Crippen molar-refractivity contribution in [3.05, 3.63) is 42.5 Å². The van der Waals surface area contributed by atoms with Crippen LogP contribution in [0.15, 0.2) is 36.9 Å². The topological polar surface area (TPSA) is 71.2 Å². The van der Waals surface area contributed by atoms with Gasteiger partial charge < -0.3 is 5.11 Å². The van der Waals surface area contributed by atoms with E-state index in [2.05, 4.69) is 34.0 Å². The molecule has 0 amide bonds. The van der Waals surface area contributed by atoms with Crippen molar-refractivity contribution in [3.8, 4) is 5.69 Å². The first kappa shape index (κ1) is 14.7. The first-order chi connectivity index (χ1) is 10.6. The number of aromatic nitrogens is 3.